The minimum absolute atomic E-state index is 0.0176. The highest BCUT2D eigenvalue weighted by Gasteiger charge is 2.28. The molecule has 0 aromatic heterocycles. The van der Waals surface area contributed by atoms with E-state index in [0.29, 0.717) is 13.1 Å². The molecule has 0 saturated carbocycles. The molecule has 0 bridgehead atoms. The smallest absolute Gasteiger partial charge is 0.407 e. The van der Waals surface area contributed by atoms with E-state index in [0.717, 1.165) is 24.8 Å². The third kappa shape index (κ3) is 6.90. The number of likely N-dealkylation sites (tertiary alicyclic amines) is 1. The summed E-state index contributed by atoms with van der Waals surface area (Å²) in [6, 6.07) is 10.2. The zero-order chi connectivity index (χ0) is 19.2. The first-order valence-electron chi connectivity index (χ1n) is 9.22. The maximum absolute atomic E-state index is 12.4. The number of amides is 2. The molecule has 1 fully saturated rings. The molecule has 1 aliphatic rings. The van der Waals surface area contributed by atoms with Crippen LogP contribution in [0.1, 0.15) is 46.1 Å². The summed E-state index contributed by atoms with van der Waals surface area (Å²) in [7, 11) is 0. The molecule has 26 heavy (non-hydrogen) atoms. The first-order chi connectivity index (χ1) is 12.2. The number of rotatable bonds is 5. The molecule has 1 heterocycles. The van der Waals surface area contributed by atoms with Crippen LogP contribution in [-0.4, -0.2) is 41.6 Å². The number of carbonyl (C=O) groups is 2. The molecule has 2 amide bonds. The van der Waals surface area contributed by atoms with Crippen molar-refractivity contribution >= 4 is 12.0 Å². The molecule has 1 aromatic rings. The van der Waals surface area contributed by atoms with Crippen molar-refractivity contribution in [3.63, 3.8) is 0 Å². The second-order valence-corrected chi connectivity index (χ2v) is 7.89. The van der Waals surface area contributed by atoms with Crippen molar-refractivity contribution in [2.45, 2.75) is 58.6 Å². The standard InChI is InChI=1S/C21H30N2O3/c1-16(10-11-17-8-6-5-7-9-17)14-19(24)23-13-12-18(15-23)22-20(25)26-21(2,3)4/h5-9,14,18H,10-13,15H2,1-4H3,(H,22,25)/b16-14-. The summed E-state index contributed by atoms with van der Waals surface area (Å²) in [6.45, 7) is 8.68. The average molecular weight is 358 g/mol. The summed E-state index contributed by atoms with van der Waals surface area (Å²) in [6.07, 6.45) is 3.84. The molecule has 1 aromatic carbocycles. The normalized spacial score (nSPS) is 17.9. The van der Waals surface area contributed by atoms with E-state index in [1.54, 1.807) is 11.0 Å². The van der Waals surface area contributed by atoms with Crippen LogP contribution in [0.2, 0.25) is 0 Å². The van der Waals surface area contributed by atoms with E-state index >= 15 is 0 Å². The SMILES string of the molecule is C/C(=C/C(=O)N1CCC(NC(=O)OC(C)(C)C)C1)CCc1ccccc1. The van der Waals surface area contributed by atoms with E-state index in [-0.39, 0.29) is 11.9 Å². The number of benzene rings is 1. The van der Waals surface area contributed by atoms with Gasteiger partial charge < -0.3 is 15.0 Å². The fourth-order valence-electron chi connectivity index (χ4n) is 2.91. The van der Waals surface area contributed by atoms with Crippen LogP contribution in [0.4, 0.5) is 4.79 Å². The Hall–Kier alpha value is -2.30. The van der Waals surface area contributed by atoms with Gasteiger partial charge in [-0.1, -0.05) is 35.9 Å². The van der Waals surface area contributed by atoms with Crippen LogP contribution < -0.4 is 5.32 Å². The molecule has 1 N–H and O–H groups in total. The second kappa shape index (κ2) is 8.88. The van der Waals surface area contributed by atoms with Crippen LogP contribution in [0.5, 0.6) is 0 Å². The summed E-state index contributed by atoms with van der Waals surface area (Å²) in [5.74, 6) is 0.0176. The summed E-state index contributed by atoms with van der Waals surface area (Å²) >= 11 is 0. The number of hydrogen-bond donors (Lipinski definition) is 1. The van der Waals surface area contributed by atoms with Crippen molar-refractivity contribution < 1.29 is 14.3 Å². The number of hydrogen-bond acceptors (Lipinski definition) is 3. The number of ether oxygens (including phenoxy) is 1. The van der Waals surface area contributed by atoms with Crippen molar-refractivity contribution in [1.82, 2.24) is 10.2 Å². The predicted molar refractivity (Wildman–Crippen MR) is 103 cm³/mol. The Morgan fingerprint density at radius 2 is 1.96 bits per heavy atom. The number of allylic oxidation sites excluding steroid dienone is 1. The fraction of sp³-hybridized carbons (Fsp3) is 0.524. The molecule has 1 aliphatic heterocycles. The molecule has 1 saturated heterocycles. The van der Waals surface area contributed by atoms with E-state index in [1.807, 2.05) is 45.9 Å². The van der Waals surface area contributed by atoms with Gasteiger partial charge in [0.1, 0.15) is 5.60 Å². The van der Waals surface area contributed by atoms with Gasteiger partial charge in [0, 0.05) is 19.2 Å². The topological polar surface area (TPSA) is 58.6 Å². The molecule has 0 aliphatic carbocycles. The average Bonchev–Trinajstić information content (AvgIpc) is 3.00. The van der Waals surface area contributed by atoms with Gasteiger partial charge >= 0.3 is 6.09 Å². The van der Waals surface area contributed by atoms with Crippen molar-refractivity contribution in [2.75, 3.05) is 13.1 Å². The van der Waals surface area contributed by atoms with Gasteiger partial charge in [0.2, 0.25) is 5.91 Å². The van der Waals surface area contributed by atoms with Gasteiger partial charge in [0.25, 0.3) is 0 Å². The maximum atomic E-state index is 12.4. The van der Waals surface area contributed by atoms with E-state index in [2.05, 4.69) is 17.4 Å². The Labute approximate surface area is 156 Å². The number of nitrogens with zero attached hydrogens (tertiary/aromatic N) is 1. The molecule has 5 nitrogen and oxygen atoms in total. The van der Waals surface area contributed by atoms with Crippen molar-refractivity contribution in [3.8, 4) is 0 Å². The lowest BCUT2D eigenvalue weighted by Gasteiger charge is -2.22. The van der Waals surface area contributed by atoms with Crippen molar-refractivity contribution in [1.29, 1.82) is 0 Å². The van der Waals surface area contributed by atoms with Gasteiger partial charge in [0.15, 0.2) is 0 Å². The Kier molecular flexibility index (Phi) is 6.83. The second-order valence-electron chi connectivity index (χ2n) is 7.89. The zero-order valence-corrected chi connectivity index (χ0v) is 16.2. The highest BCUT2D eigenvalue weighted by molar-refractivity contribution is 5.88. The summed E-state index contributed by atoms with van der Waals surface area (Å²) in [4.78, 5) is 26.1. The molecular formula is C21H30N2O3. The van der Waals surface area contributed by atoms with E-state index in [4.69, 9.17) is 4.74 Å². The van der Waals surface area contributed by atoms with Gasteiger partial charge in [-0.15, -0.1) is 0 Å². The number of aryl methyl sites for hydroxylation is 1. The zero-order valence-electron chi connectivity index (χ0n) is 16.2. The van der Waals surface area contributed by atoms with Gasteiger partial charge in [-0.25, -0.2) is 4.79 Å². The highest BCUT2D eigenvalue weighted by atomic mass is 16.6. The summed E-state index contributed by atoms with van der Waals surface area (Å²) < 4.78 is 5.27. The van der Waals surface area contributed by atoms with Crippen LogP contribution in [-0.2, 0) is 16.0 Å². The van der Waals surface area contributed by atoms with Crippen LogP contribution in [0, 0.1) is 0 Å². The Morgan fingerprint density at radius 1 is 1.27 bits per heavy atom. The van der Waals surface area contributed by atoms with Crippen LogP contribution >= 0.6 is 0 Å². The van der Waals surface area contributed by atoms with Crippen LogP contribution in [0.15, 0.2) is 42.0 Å². The van der Waals surface area contributed by atoms with Crippen molar-refractivity contribution in [2.24, 2.45) is 0 Å². The fourth-order valence-corrected chi connectivity index (χ4v) is 2.91. The lowest BCUT2D eigenvalue weighted by atomic mass is 10.1. The Bertz CT molecular complexity index is 647. The highest BCUT2D eigenvalue weighted by Crippen LogP contribution is 2.14. The quantitative estimate of drug-likeness (QED) is 0.817. The minimum Gasteiger partial charge on any atom is -0.444 e. The molecule has 1 unspecified atom stereocenters. The summed E-state index contributed by atoms with van der Waals surface area (Å²) in [5.41, 5.74) is 1.83. The third-order valence-corrected chi connectivity index (χ3v) is 4.24. The number of nitrogens with one attached hydrogen (secondary N) is 1. The largest absolute Gasteiger partial charge is 0.444 e. The number of carbonyl (C=O) groups excluding carboxylic acids is 2. The molecule has 2 rings (SSSR count). The Balaban J connectivity index is 1.78. The minimum atomic E-state index is -0.517. The summed E-state index contributed by atoms with van der Waals surface area (Å²) in [5, 5.41) is 2.84. The molecule has 0 spiro atoms. The lowest BCUT2D eigenvalue weighted by Crippen LogP contribution is -2.41. The van der Waals surface area contributed by atoms with Gasteiger partial charge in [-0.05, 0) is 52.5 Å². The number of alkyl carbamates (subject to hydrolysis) is 1. The monoisotopic (exact) mass is 358 g/mol. The molecule has 5 heteroatoms. The Morgan fingerprint density at radius 3 is 2.62 bits per heavy atom. The molecule has 0 radical (unpaired) electrons. The molecule has 1 atom stereocenters. The van der Waals surface area contributed by atoms with Crippen LogP contribution in [0.25, 0.3) is 0 Å². The van der Waals surface area contributed by atoms with E-state index in [1.165, 1.54) is 5.56 Å². The first kappa shape index (κ1) is 20.0. The van der Waals surface area contributed by atoms with Gasteiger partial charge in [-0.3, -0.25) is 4.79 Å². The van der Waals surface area contributed by atoms with Crippen molar-refractivity contribution in [3.05, 3.63) is 47.5 Å². The predicted octanol–water partition coefficient (Wildman–Crippen LogP) is 3.69. The van der Waals surface area contributed by atoms with E-state index < -0.39 is 11.7 Å². The third-order valence-electron chi connectivity index (χ3n) is 4.24. The van der Waals surface area contributed by atoms with Gasteiger partial charge in [-0.2, -0.15) is 0 Å². The molecular weight excluding hydrogens is 328 g/mol. The first-order valence-corrected chi connectivity index (χ1v) is 9.22. The maximum Gasteiger partial charge on any atom is 0.407 e. The van der Waals surface area contributed by atoms with E-state index in [9.17, 15) is 9.59 Å². The lowest BCUT2D eigenvalue weighted by molar-refractivity contribution is -0.125. The van der Waals surface area contributed by atoms with Crippen LogP contribution in [0.3, 0.4) is 0 Å². The van der Waals surface area contributed by atoms with Gasteiger partial charge in [0.05, 0.1) is 6.04 Å². The molecule has 142 valence electrons.